The van der Waals surface area contributed by atoms with E-state index in [0.717, 1.165) is 13.0 Å². The Kier molecular flexibility index (Phi) is 7.55. The van der Waals surface area contributed by atoms with E-state index in [4.69, 9.17) is 4.74 Å². The van der Waals surface area contributed by atoms with Gasteiger partial charge in [0.25, 0.3) is 0 Å². The van der Waals surface area contributed by atoms with Gasteiger partial charge in [0.1, 0.15) is 6.04 Å². The van der Waals surface area contributed by atoms with Crippen molar-refractivity contribution < 1.29 is 14.3 Å². The Bertz CT molecular complexity index is 501. The molecule has 0 radical (unpaired) electrons. The molecule has 1 amide bonds. The molecule has 1 aromatic rings. The van der Waals surface area contributed by atoms with Gasteiger partial charge in [-0.1, -0.05) is 20.3 Å². The highest BCUT2D eigenvalue weighted by molar-refractivity contribution is 7.10. The molecule has 1 N–H and O–H groups in total. The maximum Gasteiger partial charge on any atom is 0.328 e. The Balaban J connectivity index is 2.55. The minimum absolute atomic E-state index is 0.0428. The van der Waals surface area contributed by atoms with Crippen LogP contribution in [0.2, 0.25) is 0 Å². The minimum atomic E-state index is -0.584. The van der Waals surface area contributed by atoms with Crippen LogP contribution in [0.15, 0.2) is 11.4 Å². The summed E-state index contributed by atoms with van der Waals surface area (Å²) in [5, 5.41) is 4.84. The lowest BCUT2D eigenvalue weighted by atomic mass is 9.99. The quantitative estimate of drug-likeness (QED) is 0.744. The first-order valence-corrected chi connectivity index (χ1v) is 8.35. The monoisotopic (exact) mass is 326 g/mol. The average molecular weight is 326 g/mol. The van der Waals surface area contributed by atoms with Gasteiger partial charge < -0.3 is 10.1 Å². The van der Waals surface area contributed by atoms with Crippen LogP contribution in [0.4, 0.5) is 0 Å². The number of rotatable bonds is 8. The van der Waals surface area contributed by atoms with Crippen LogP contribution in [0.3, 0.4) is 0 Å². The van der Waals surface area contributed by atoms with E-state index in [1.165, 1.54) is 17.6 Å². The molecule has 1 heterocycles. The van der Waals surface area contributed by atoms with E-state index in [0.29, 0.717) is 0 Å². The van der Waals surface area contributed by atoms with E-state index in [-0.39, 0.29) is 24.3 Å². The Morgan fingerprint density at radius 1 is 1.45 bits per heavy atom. The first-order chi connectivity index (χ1) is 10.4. The highest BCUT2D eigenvalue weighted by Gasteiger charge is 2.26. The first-order valence-electron chi connectivity index (χ1n) is 7.47. The molecule has 0 spiro atoms. The highest BCUT2D eigenvalue weighted by atomic mass is 32.1. The fourth-order valence-corrected chi connectivity index (χ4v) is 3.11. The SMILES string of the molecule is CCC(C)C(NC(=O)CN(C)Cc1sccc1C)C(=O)OC. The number of aryl methyl sites for hydroxylation is 1. The van der Waals surface area contributed by atoms with Crippen LogP contribution in [0, 0.1) is 12.8 Å². The summed E-state index contributed by atoms with van der Waals surface area (Å²) in [7, 11) is 3.24. The average Bonchev–Trinajstić information content (AvgIpc) is 2.88. The zero-order valence-corrected chi connectivity index (χ0v) is 14.8. The summed E-state index contributed by atoms with van der Waals surface area (Å²) in [5.74, 6) is -0.506. The second-order valence-electron chi connectivity index (χ2n) is 5.65. The predicted octanol–water partition coefficient (Wildman–Crippen LogP) is 2.19. The molecule has 1 rings (SSSR count). The second kappa shape index (κ2) is 8.90. The molecule has 0 bridgehead atoms. The van der Waals surface area contributed by atoms with E-state index in [9.17, 15) is 9.59 Å². The third kappa shape index (κ3) is 5.42. The number of ether oxygens (including phenoxy) is 1. The molecular formula is C16H26N2O3S. The number of hydrogen-bond acceptors (Lipinski definition) is 5. The maximum absolute atomic E-state index is 12.2. The zero-order chi connectivity index (χ0) is 16.7. The Morgan fingerprint density at radius 2 is 2.14 bits per heavy atom. The lowest BCUT2D eigenvalue weighted by Crippen LogP contribution is -2.48. The first kappa shape index (κ1) is 18.6. The van der Waals surface area contributed by atoms with Gasteiger partial charge in [0.05, 0.1) is 13.7 Å². The summed E-state index contributed by atoms with van der Waals surface area (Å²) in [6.45, 7) is 6.96. The summed E-state index contributed by atoms with van der Waals surface area (Å²) in [5.41, 5.74) is 1.24. The van der Waals surface area contributed by atoms with Crippen molar-refractivity contribution in [3.8, 4) is 0 Å². The van der Waals surface area contributed by atoms with Crippen molar-refractivity contribution in [1.82, 2.24) is 10.2 Å². The summed E-state index contributed by atoms with van der Waals surface area (Å²) < 4.78 is 4.78. The van der Waals surface area contributed by atoms with Gasteiger partial charge in [0.2, 0.25) is 5.91 Å². The number of likely N-dealkylation sites (N-methyl/N-ethyl adjacent to an activating group) is 1. The lowest BCUT2D eigenvalue weighted by molar-refractivity contribution is -0.146. The van der Waals surface area contributed by atoms with Crippen LogP contribution in [-0.2, 0) is 20.9 Å². The molecule has 6 heteroatoms. The molecule has 5 nitrogen and oxygen atoms in total. The summed E-state index contributed by atoms with van der Waals surface area (Å²) >= 11 is 1.69. The van der Waals surface area contributed by atoms with Gasteiger partial charge in [0, 0.05) is 11.4 Å². The van der Waals surface area contributed by atoms with Crippen molar-refractivity contribution in [1.29, 1.82) is 0 Å². The molecule has 0 aliphatic carbocycles. The standard InChI is InChI=1S/C16H26N2O3S/c1-6-11(2)15(16(20)21-5)17-14(19)10-18(4)9-13-12(3)7-8-22-13/h7-8,11,15H,6,9-10H2,1-5H3,(H,17,19). The molecule has 0 saturated carbocycles. The maximum atomic E-state index is 12.2. The number of amides is 1. The predicted molar refractivity (Wildman–Crippen MR) is 88.8 cm³/mol. The van der Waals surface area contributed by atoms with Crippen molar-refractivity contribution >= 4 is 23.2 Å². The molecule has 0 aromatic carbocycles. The molecule has 1 aromatic heterocycles. The number of methoxy groups -OCH3 is 1. The van der Waals surface area contributed by atoms with Crippen molar-refractivity contribution in [2.24, 2.45) is 5.92 Å². The third-order valence-electron chi connectivity index (χ3n) is 3.78. The topological polar surface area (TPSA) is 58.6 Å². The Labute approximate surface area is 136 Å². The number of carbonyl (C=O) groups is 2. The number of thiophene rings is 1. The molecule has 0 saturated heterocycles. The number of nitrogens with zero attached hydrogens (tertiary/aromatic N) is 1. The van der Waals surface area contributed by atoms with Crippen molar-refractivity contribution in [2.75, 3.05) is 20.7 Å². The van der Waals surface area contributed by atoms with Gasteiger partial charge in [-0.05, 0) is 36.9 Å². The summed E-state index contributed by atoms with van der Waals surface area (Å²) in [6, 6.07) is 1.49. The van der Waals surface area contributed by atoms with Gasteiger partial charge in [-0.2, -0.15) is 0 Å². The molecule has 0 fully saturated rings. The molecule has 0 aliphatic rings. The number of nitrogens with one attached hydrogen (secondary N) is 1. The van der Waals surface area contributed by atoms with E-state index in [1.807, 2.05) is 25.8 Å². The zero-order valence-electron chi connectivity index (χ0n) is 14.0. The van der Waals surface area contributed by atoms with Gasteiger partial charge in [-0.25, -0.2) is 4.79 Å². The second-order valence-corrected chi connectivity index (χ2v) is 6.65. The van der Waals surface area contributed by atoms with E-state index in [1.54, 1.807) is 11.3 Å². The summed E-state index contributed by atoms with van der Waals surface area (Å²) in [4.78, 5) is 27.1. The van der Waals surface area contributed by atoms with Crippen molar-refractivity contribution in [2.45, 2.75) is 39.8 Å². The lowest BCUT2D eigenvalue weighted by Gasteiger charge is -2.23. The van der Waals surface area contributed by atoms with Gasteiger partial charge in [-0.3, -0.25) is 9.69 Å². The van der Waals surface area contributed by atoms with E-state index in [2.05, 4.69) is 23.7 Å². The van der Waals surface area contributed by atoms with E-state index < -0.39 is 6.04 Å². The fourth-order valence-electron chi connectivity index (χ4n) is 2.13. The van der Waals surface area contributed by atoms with Crippen molar-refractivity contribution in [3.63, 3.8) is 0 Å². The molecule has 124 valence electrons. The summed E-state index contributed by atoms with van der Waals surface area (Å²) in [6.07, 6.45) is 0.796. The number of carbonyl (C=O) groups excluding carboxylic acids is 2. The largest absolute Gasteiger partial charge is 0.467 e. The van der Waals surface area contributed by atoms with Crippen molar-refractivity contribution in [3.05, 3.63) is 21.9 Å². The third-order valence-corrected chi connectivity index (χ3v) is 4.79. The van der Waals surface area contributed by atoms with Crippen LogP contribution in [0.5, 0.6) is 0 Å². The molecule has 22 heavy (non-hydrogen) atoms. The van der Waals surface area contributed by atoms with Gasteiger partial charge >= 0.3 is 5.97 Å². The smallest absolute Gasteiger partial charge is 0.328 e. The van der Waals surface area contributed by atoms with Gasteiger partial charge in [0.15, 0.2) is 0 Å². The molecule has 0 aliphatic heterocycles. The highest BCUT2D eigenvalue weighted by Crippen LogP contribution is 2.17. The molecule has 2 atom stereocenters. The molecular weight excluding hydrogens is 300 g/mol. The van der Waals surface area contributed by atoms with E-state index >= 15 is 0 Å². The number of esters is 1. The van der Waals surface area contributed by atoms with Crippen LogP contribution < -0.4 is 5.32 Å². The number of hydrogen-bond donors (Lipinski definition) is 1. The van der Waals surface area contributed by atoms with Crippen LogP contribution in [-0.4, -0.2) is 43.5 Å². The Hall–Kier alpha value is -1.40. The normalized spacial score (nSPS) is 13.7. The van der Waals surface area contributed by atoms with Crippen LogP contribution >= 0.6 is 11.3 Å². The van der Waals surface area contributed by atoms with Crippen LogP contribution in [0.1, 0.15) is 30.7 Å². The minimum Gasteiger partial charge on any atom is -0.467 e. The Morgan fingerprint density at radius 3 is 2.64 bits per heavy atom. The fraction of sp³-hybridized carbons (Fsp3) is 0.625. The van der Waals surface area contributed by atoms with Crippen LogP contribution in [0.25, 0.3) is 0 Å². The molecule has 2 unspecified atom stereocenters. The van der Waals surface area contributed by atoms with Gasteiger partial charge in [-0.15, -0.1) is 11.3 Å².